The number of rotatable bonds is 5. The second-order valence-electron chi connectivity index (χ2n) is 8.75. The first-order valence-corrected chi connectivity index (χ1v) is 12.1. The molecule has 8 nitrogen and oxygen atoms in total. The van der Waals surface area contributed by atoms with Crippen LogP contribution in [0.25, 0.3) is 11.0 Å². The highest BCUT2D eigenvalue weighted by Crippen LogP contribution is 2.35. The van der Waals surface area contributed by atoms with Crippen LogP contribution in [0.4, 0.5) is 20.4 Å². The molecule has 1 saturated heterocycles. The van der Waals surface area contributed by atoms with Crippen LogP contribution < -0.4 is 10.2 Å². The Labute approximate surface area is 207 Å². The van der Waals surface area contributed by atoms with Crippen LogP contribution in [-0.2, 0) is 9.53 Å². The highest BCUT2D eigenvalue weighted by Gasteiger charge is 2.25. The SMILES string of the molecule is CO.O=C(Nc1nc2cc(N3CCOCC3=O)ccc2n1C1CCCCC1)c1cccc(C(F)F)c1. The standard InChI is InChI=1S/C25H26F2N4O3.CH4O/c26-23(27)16-5-4-6-17(13-16)24(33)29-25-28-20-14-19(30-11-12-34-15-22(30)32)9-10-21(20)31(25)18-7-2-1-3-8-18;1-2/h4-6,9-10,13-14,18,23H,1-3,7-8,11-12,15H2,(H,28,29,33);2H,1H3. The molecule has 5 rings (SSSR count). The molecule has 1 aliphatic heterocycles. The van der Waals surface area contributed by atoms with E-state index >= 15 is 0 Å². The maximum atomic E-state index is 13.1. The number of nitrogens with one attached hydrogen (secondary N) is 1. The van der Waals surface area contributed by atoms with E-state index in [9.17, 15) is 18.4 Å². The third-order valence-corrected chi connectivity index (χ3v) is 6.54. The molecule has 192 valence electrons. The molecule has 3 aromatic rings. The maximum Gasteiger partial charge on any atom is 0.263 e. The molecule has 2 fully saturated rings. The molecular formula is C26H30F2N4O4. The summed E-state index contributed by atoms with van der Waals surface area (Å²) < 4.78 is 33.5. The van der Waals surface area contributed by atoms with Crippen molar-refractivity contribution in [2.24, 2.45) is 0 Å². The van der Waals surface area contributed by atoms with Crippen LogP contribution in [0.5, 0.6) is 0 Å². The van der Waals surface area contributed by atoms with Gasteiger partial charge >= 0.3 is 0 Å². The fourth-order valence-corrected chi connectivity index (χ4v) is 4.83. The Morgan fingerprint density at radius 3 is 2.64 bits per heavy atom. The number of nitrogens with zero attached hydrogens (tertiary/aromatic N) is 3. The van der Waals surface area contributed by atoms with Crippen molar-refractivity contribution < 1.29 is 28.2 Å². The summed E-state index contributed by atoms with van der Waals surface area (Å²) in [7, 11) is 1.00. The van der Waals surface area contributed by atoms with E-state index < -0.39 is 12.3 Å². The Kier molecular flexibility index (Phi) is 8.27. The summed E-state index contributed by atoms with van der Waals surface area (Å²) in [5.41, 5.74) is 2.22. The predicted molar refractivity (Wildman–Crippen MR) is 133 cm³/mol. The molecule has 1 saturated carbocycles. The Hall–Kier alpha value is -3.37. The Morgan fingerprint density at radius 1 is 1.14 bits per heavy atom. The minimum absolute atomic E-state index is 0.0491. The molecule has 2 aromatic carbocycles. The van der Waals surface area contributed by atoms with Crippen LogP contribution in [0.3, 0.4) is 0 Å². The molecule has 0 bridgehead atoms. The number of benzene rings is 2. The number of carbonyl (C=O) groups excluding carboxylic acids is 2. The molecule has 2 heterocycles. The monoisotopic (exact) mass is 500 g/mol. The number of amides is 2. The number of aromatic nitrogens is 2. The van der Waals surface area contributed by atoms with E-state index in [4.69, 9.17) is 14.8 Å². The lowest BCUT2D eigenvalue weighted by Crippen LogP contribution is -2.41. The first-order chi connectivity index (χ1) is 17.5. The quantitative estimate of drug-likeness (QED) is 0.529. The Morgan fingerprint density at radius 2 is 1.92 bits per heavy atom. The number of carbonyl (C=O) groups is 2. The van der Waals surface area contributed by atoms with Crippen molar-refractivity contribution in [2.75, 3.05) is 37.1 Å². The molecular weight excluding hydrogens is 470 g/mol. The van der Waals surface area contributed by atoms with Gasteiger partial charge in [0, 0.05) is 36.5 Å². The number of aliphatic hydroxyl groups is 1. The number of hydrogen-bond acceptors (Lipinski definition) is 5. The predicted octanol–water partition coefficient (Wildman–Crippen LogP) is 4.70. The van der Waals surface area contributed by atoms with Crippen molar-refractivity contribution in [2.45, 2.75) is 44.6 Å². The number of anilines is 2. The molecule has 10 heteroatoms. The summed E-state index contributed by atoms with van der Waals surface area (Å²) >= 11 is 0. The molecule has 0 radical (unpaired) electrons. The van der Waals surface area contributed by atoms with Gasteiger partial charge in [-0.25, -0.2) is 13.8 Å². The summed E-state index contributed by atoms with van der Waals surface area (Å²) in [5.74, 6) is -0.206. The minimum Gasteiger partial charge on any atom is -0.400 e. The zero-order chi connectivity index (χ0) is 25.7. The van der Waals surface area contributed by atoms with Crippen LogP contribution in [0.2, 0.25) is 0 Å². The molecule has 0 unspecified atom stereocenters. The van der Waals surface area contributed by atoms with Crippen LogP contribution >= 0.6 is 0 Å². The normalized spacial score (nSPS) is 16.7. The number of alkyl halides is 2. The lowest BCUT2D eigenvalue weighted by Gasteiger charge is -2.27. The minimum atomic E-state index is -2.65. The number of imidazole rings is 1. The first kappa shape index (κ1) is 25.7. The van der Waals surface area contributed by atoms with E-state index in [1.165, 1.54) is 30.7 Å². The Bertz CT molecular complexity index is 1220. The highest BCUT2D eigenvalue weighted by molar-refractivity contribution is 6.04. The molecule has 36 heavy (non-hydrogen) atoms. The van der Waals surface area contributed by atoms with Gasteiger partial charge in [0.1, 0.15) is 6.61 Å². The molecule has 1 aliphatic carbocycles. The topological polar surface area (TPSA) is 96.7 Å². The van der Waals surface area contributed by atoms with E-state index in [1.807, 2.05) is 22.8 Å². The average molecular weight is 501 g/mol. The van der Waals surface area contributed by atoms with Gasteiger partial charge in [0.2, 0.25) is 5.95 Å². The molecule has 2 amide bonds. The van der Waals surface area contributed by atoms with E-state index in [0.29, 0.717) is 24.6 Å². The summed E-state index contributed by atoms with van der Waals surface area (Å²) in [4.78, 5) is 31.7. The third kappa shape index (κ3) is 5.39. The van der Waals surface area contributed by atoms with Gasteiger partial charge in [0.15, 0.2) is 0 Å². The lowest BCUT2D eigenvalue weighted by molar-refractivity contribution is -0.125. The molecule has 0 spiro atoms. The number of hydrogen-bond donors (Lipinski definition) is 2. The van der Waals surface area contributed by atoms with Crippen LogP contribution in [0, 0.1) is 0 Å². The maximum absolute atomic E-state index is 13.1. The number of halogens is 2. The fourth-order valence-electron chi connectivity index (χ4n) is 4.83. The number of ether oxygens (including phenoxy) is 1. The summed E-state index contributed by atoms with van der Waals surface area (Å²) in [5, 5.41) is 9.85. The largest absolute Gasteiger partial charge is 0.400 e. The molecule has 2 aliphatic rings. The van der Waals surface area contributed by atoms with E-state index in [1.54, 1.807) is 4.90 Å². The highest BCUT2D eigenvalue weighted by atomic mass is 19.3. The van der Waals surface area contributed by atoms with Crippen molar-refractivity contribution in [3.63, 3.8) is 0 Å². The van der Waals surface area contributed by atoms with Gasteiger partial charge in [0.05, 0.1) is 17.6 Å². The Balaban J connectivity index is 0.00000148. The zero-order valence-corrected chi connectivity index (χ0v) is 20.1. The fraction of sp³-hybridized carbons (Fsp3) is 0.423. The smallest absolute Gasteiger partial charge is 0.263 e. The van der Waals surface area contributed by atoms with Crippen molar-refractivity contribution in [3.05, 3.63) is 53.6 Å². The first-order valence-electron chi connectivity index (χ1n) is 12.1. The summed E-state index contributed by atoms with van der Waals surface area (Å²) in [6.45, 7) is 0.991. The van der Waals surface area contributed by atoms with Crippen molar-refractivity contribution in [1.29, 1.82) is 0 Å². The summed E-state index contributed by atoms with van der Waals surface area (Å²) in [6, 6.07) is 11.3. The second kappa shape index (κ2) is 11.6. The van der Waals surface area contributed by atoms with Gasteiger partial charge < -0.3 is 19.3 Å². The van der Waals surface area contributed by atoms with Gasteiger partial charge in [0.25, 0.3) is 18.2 Å². The van der Waals surface area contributed by atoms with Gasteiger partial charge in [-0.1, -0.05) is 31.4 Å². The second-order valence-corrected chi connectivity index (χ2v) is 8.75. The molecule has 0 atom stereocenters. The van der Waals surface area contributed by atoms with Crippen molar-refractivity contribution in [1.82, 2.24) is 9.55 Å². The zero-order valence-electron chi connectivity index (χ0n) is 20.1. The van der Waals surface area contributed by atoms with Crippen LogP contribution in [0.1, 0.15) is 60.5 Å². The molecule has 1 aromatic heterocycles. The third-order valence-electron chi connectivity index (χ3n) is 6.54. The van der Waals surface area contributed by atoms with Gasteiger partial charge in [-0.3, -0.25) is 14.9 Å². The number of fused-ring (bicyclic) bond motifs is 1. The van der Waals surface area contributed by atoms with E-state index in [-0.39, 0.29) is 29.7 Å². The average Bonchev–Trinajstić information content (AvgIpc) is 3.27. The van der Waals surface area contributed by atoms with Gasteiger partial charge in [-0.05, 0) is 43.2 Å². The lowest BCUT2D eigenvalue weighted by atomic mass is 9.95. The van der Waals surface area contributed by atoms with E-state index in [0.717, 1.165) is 44.0 Å². The van der Waals surface area contributed by atoms with Crippen LogP contribution in [-0.4, -0.2) is 53.3 Å². The summed E-state index contributed by atoms with van der Waals surface area (Å²) in [6.07, 6.45) is 2.65. The van der Waals surface area contributed by atoms with E-state index in [2.05, 4.69) is 5.32 Å². The number of morpholine rings is 1. The van der Waals surface area contributed by atoms with Crippen LogP contribution in [0.15, 0.2) is 42.5 Å². The van der Waals surface area contributed by atoms with Gasteiger partial charge in [-0.15, -0.1) is 0 Å². The van der Waals surface area contributed by atoms with Gasteiger partial charge in [-0.2, -0.15) is 0 Å². The number of aliphatic hydroxyl groups excluding tert-OH is 1. The van der Waals surface area contributed by atoms with Crippen molar-refractivity contribution in [3.8, 4) is 0 Å². The molecule has 2 N–H and O–H groups in total. The van der Waals surface area contributed by atoms with Crippen molar-refractivity contribution >= 4 is 34.5 Å².